The number of thioether (sulfide) groups is 1. The lowest BCUT2D eigenvalue weighted by molar-refractivity contribution is -0.138. The number of aliphatic carboxylic acids is 1. The van der Waals surface area contributed by atoms with Crippen LogP contribution in [0.4, 0.5) is 0 Å². The van der Waals surface area contributed by atoms with Gasteiger partial charge in [-0.2, -0.15) is 0 Å². The Morgan fingerprint density at radius 3 is 2.06 bits per heavy atom. The van der Waals surface area contributed by atoms with Crippen molar-refractivity contribution >= 4 is 17.7 Å². The first-order valence-electron chi connectivity index (χ1n) is 7.33. The van der Waals surface area contributed by atoms with Crippen LogP contribution in [0.3, 0.4) is 0 Å². The molecule has 4 fully saturated rings. The highest BCUT2D eigenvalue weighted by molar-refractivity contribution is 8.01. The molecule has 0 heterocycles. The van der Waals surface area contributed by atoms with Crippen LogP contribution >= 0.6 is 11.8 Å². The molecule has 4 aliphatic carbocycles. The zero-order valence-electron chi connectivity index (χ0n) is 11.4. The van der Waals surface area contributed by atoms with Gasteiger partial charge in [-0.1, -0.05) is 0 Å². The molecule has 2 nitrogen and oxygen atoms in total. The van der Waals surface area contributed by atoms with Gasteiger partial charge in [-0.3, -0.25) is 4.79 Å². The molecular formula is C15H24O2S. The fraction of sp³-hybridized carbons (Fsp3) is 0.933. The molecule has 0 atom stereocenters. The Balaban J connectivity index is 1.62. The summed E-state index contributed by atoms with van der Waals surface area (Å²) in [5, 5.41) is 9.20. The van der Waals surface area contributed by atoms with Crippen LogP contribution in [0, 0.1) is 29.6 Å². The molecule has 0 aromatic carbocycles. The Bertz CT molecular complexity index is 322. The predicted molar refractivity (Wildman–Crippen MR) is 74.7 cm³/mol. The Morgan fingerprint density at radius 2 is 1.61 bits per heavy atom. The van der Waals surface area contributed by atoms with E-state index in [2.05, 4.69) is 0 Å². The summed E-state index contributed by atoms with van der Waals surface area (Å²) in [5.74, 6) is 5.06. The normalized spacial score (nSPS) is 42.2. The Hall–Kier alpha value is -0.180. The largest absolute Gasteiger partial charge is 0.480 e. The van der Waals surface area contributed by atoms with Crippen molar-refractivity contribution in [3.8, 4) is 0 Å². The quantitative estimate of drug-likeness (QED) is 0.845. The van der Waals surface area contributed by atoms with Gasteiger partial charge in [-0.25, -0.2) is 0 Å². The van der Waals surface area contributed by atoms with Gasteiger partial charge in [0.1, 0.15) is 4.75 Å². The molecule has 0 unspecified atom stereocenters. The standard InChI is InChI=1S/C15H24O2S/c1-15(2,14(16)17)18-8-13-11-4-9-3-10(6-11)7-12(13)5-9/h9-13H,3-8H2,1-2H3,(H,16,17). The lowest BCUT2D eigenvalue weighted by atomic mass is 9.52. The maximum absolute atomic E-state index is 11.2. The van der Waals surface area contributed by atoms with Crippen LogP contribution < -0.4 is 0 Å². The molecule has 0 amide bonds. The van der Waals surface area contributed by atoms with Gasteiger partial charge >= 0.3 is 5.97 Å². The maximum atomic E-state index is 11.2. The average molecular weight is 268 g/mol. The van der Waals surface area contributed by atoms with Crippen LogP contribution in [0.1, 0.15) is 46.0 Å². The second kappa shape index (κ2) is 4.43. The van der Waals surface area contributed by atoms with Crippen LogP contribution in [0.2, 0.25) is 0 Å². The van der Waals surface area contributed by atoms with Crippen LogP contribution in [0.5, 0.6) is 0 Å². The van der Waals surface area contributed by atoms with Crippen LogP contribution in [-0.4, -0.2) is 21.6 Å². The van der Waals surface area contributed by atoms with Crippen molar-refractivity contribution in [2.45, 2.75) is 50.7 Å². The highest BCUT2D eigenvalue weighted by atomic mass is 32.2. The van der Waals surface area contributed by atoms with E-state index in [9.17, 15) is 9.90 Å². The minimum absolute atomic E-state index is 0.616. The van der Waals surface area contributed by atoms with Gasteiger partial charge in [-0.05, 0) is 81.3 Å². The second-order valence-electron chi connectivity index (χ2n) is 7.22. The summed E-state index contributed by atoms with van der Waals surface area (Å²) in [5.41, 5.74) is 0. The molecule has 1 N–H and O–H groups in total. The molecule has 3 heteroatoms. The molecular weight excluding hydrogens is 244 g/mol. The second-order valence-corrected chi connectivity index (χ2v) is 8.86. The van der Waals surface area contributed by atoms with Crippen molar-refractivity contribution in [1.29, 1.82) is 0 Å². The lowest BCUT2D eigenvalue weighted by Gasteiger charge is -2.54. The van der Waals surface area contributed by atoms with Gasteiger partial charge in [0.25, 0.3) is 0 Å². The smallest absolute Gasteiger partial charge is 0.319 e. The van der Waals surface area contributed by atoms with Gasteiger partial charge < -0.3 is 5.11 Å². The van der Waals surface area contributed by atoms with E-state index >= 15 is 0 Å². The molecule has 0 spiro atoms. The third-order valence-electron chi connectivity index (χ3n) is 5.57. The molecule has 0 radical (unpaired) electrons. The number of hydrogen-bond donors (Lipinski definition) is 1. The summed E-state index contributed by atoms with van der Waals surface area (Å²) in [6.07, 6.45) is 7.24. The lowest BCUT2D eigenvalue weighted by Crippen LogP contribution is -2.46. The Labute approximate surface area is 114 Å². The van der Waals surface area contributed by atoms with Crippen molar-refractivity contribution in [3.05, 3.63) is 0 Å². The summed E-state index contributed by atoms with van der Waals surface area (Å²) < 4.78 is -0.616. The van der Waals surface area contributed by atoms with E-state index in [1.54, 1.807) is 11.8 Å². The Morgan fingerprint density at radius 1 is 1.11 bits per heavy atom. The number of carbonyl (C=O) groups is 1. The van der Waals surface area contributed by atoms with Crippen molar-refractivity contribution in [2.24, 2.45) is 29.6 Å². The van der Waals surface area contributed by atoms with E-state index in [-0.39, 0.29) is 0 Å². The third kappa shape index (κ3) is 2.19. The minimum Gasteiger partial charge on any atom is -0.480 e. The van der Waals surface area contributed by atoms with E-state index in [1.807, 2.05) is 13.8 Å². The number of hydrogen-bond acceptors (Lipinski definition) is 2. The molecule has 18 heavy (non-hydrogen) atoms. The van der Waals surface area contributed by atoms with Gasteiger partial charge in [0.05, 0.1) is 0 Å². The van der Waals surface area contributed by atoms with E-state index < -0.39 is 10.7 Å². The van der Waals surface area contributed by atoms with Crippen molar-refractivity contribution in [1.82, 2.24) is 0 Å². The monoisotopic (exact) mass is 268 g/mol. The first-order chi connectivity index (χ1) is 8.45. The van der Waals surface area contributed by atoms with Crippen LogP contribution in [0.15, 0.2) is 0 Å². The first-order valence-corrected chi connectivity index (χ1v) is 8.31. The van der Waals surface area contributed by atoms with Crippen molar-refractivity contribution in [2.75, 3.05) is 5.75 Å². The molecule has 0 saturated heterocycles. The summed E-state index contributed by atoms with van der Waals surface area (Å²) in [6, 6.07) is 0. The number of carboxylic acid groups (broad SMARTS) is 1. The summed E-state index contributed by atoms with van der Waals surface area (Å²) in [4.78, 5) is 11.2. The van der Waals surface area contributed by atoms with Crippen molar-refractivity contribution in [3.63, 3.8) is 0 Å². The van der Waals surface area contributed by atoms with E-state index in [0.29, 0.717) is 0 Å². The number of rotatable bonds is 4. The molecule has 0 aromatic heterocycles. The van der Waals surface area contributed by atoms with Gasteiger partial charge in [-0.15, -0.1) is 11.8 Å². The maximum Gasteiger partial charge on any atom is 0.319 e. The average Bonchev–Trinajstić information content (AvgIpc) is 2.26. The van der Waals surface area contributed by atoms with Crippen LogP contribution in [0.25, 0.3) is 0 Å². The highest BCUT2D eigenvalue weighted by Crippen LogP contribution is 2.57. The van der Waals surface area contributed by atoms with E-state index in [0.717, 1.165) is 35.3 Å². The topological polar surface area (TPSA) is 37.3 Å². The molecule has 0 aliphatic heterocycles. The molecule has 4 bridgehead atoms. The molecule has 102 valence electrons. The van der Waals surface area contributed by atoms with Gasteiger partial charge in [0.2, 0.25) is 0 Å². The molecule has 4 aliphatic rings. The number of carboxylic acids is 1. The van der Waals surface area contributed by atoms with Crippen LogP contribution in [-0.2, 0) is 4.79 Å². The minimum atomic E-state index is -0.670. The van der Waals surface area contributed by atoms with Gasteiger partial charge in [0.15, 0.2) is 0 Å². The first kappa shape index (κ1) is 12.8. The van der Waals surface area contributed by atoms with Crippen molar-refractivity contribution < 1.29 is 9.90 Å². The fourth-order valence-electron chi connectivity index (χ4n) is 4.68. The molecule has 4 saturated carbocycles. The zero-order chi connectivity index (χ0) is 12.9. The van der Waals surface area contributed by atoms with E-state index in [4.69, 9.17) is 0 Å². The molecule has 4 rings (SSSR count). The SMILES string of the molecule is CC(C)(SCC1C2CC3CC(C2)CC1C3)C(=O)O. The van der Waals surface area contributed by atoms with Gasteiger partial charge in [0, 0.05) is 0 Å². The third-order valence-corrected chi connectivity index (χ3v) is 7.02. The predicted octanol–water partition coefficient (Wildman–Crippen LogP) is 3.66. The zero-order valence-corrected chi connectivity index (χ0v) is 12.2. The summed E-state index contributed by atoms with van der Waals surface area (Å²) in [7, 11) is 0. The summed E-state index contributed by atoms with van der Waals surface area (Å²) in [6.45, 7) is 3.69. The fourth-order valence-corrected chi connectivity index (χ4v) is 5.95. The highest BCUT2D eigenvalue weighted by Gasteiger charge is 2.48. The Kier molecular flexibility index (Phi) is 3.16. The summed E-state index contributed by atoms with van der Waals surface area (Å²) >= 11 is 1.67. The van der Waals surface area contributed by atoms with E-state index in [1.165, 1.54) is 32.1 Å². The molecule has 0 aromatic rings.